The van der Waals surface area contributed by atoms with Gasteiger partial charge in [-0.15, -0.1) is 0 Å². The Morgan fingerprint density at radius 3 is 2.71 bits per heavy atom. The number of nitrogens with zero attached hydrogens (tertiary/aromatic N) is 2. The molecule has 0 aliphatic rings. The molecular formula is C17H18N2O2. The summed E-state index contributed by atoms with van der Waals surface area (Å²) in [5.41, 5.74) is 2.07. The lowest BCUT2D eigenvalue weighted by Crippen LogP contribution is -2.21. The largest absolute Gasteiger partial charge is 0.483 e. The van der Waals surface area contributed by atoms with Gasteiger partial charge in [0.05, 0.1) is 6.07 Å². The molecule has 1 aromatic heterocycles. The Labute approximate surface area is 124 Å². The van der Waals surface area contributed by atoms with E-state index in [1.54, 1.807) is 22.9 Å². The van der Waals surface area contributed by atoms with E-state index in [0.29, 0.717) is 31.7 Å². The number of aromatic nitrogens is 1. The predicted molar refractivity (Wildman–Crippen MR) is 81.1 cm³/mol. The summed E-state index contributed by atoms with van der Waals surface area (Å²) < 4.78 is 7.20. The van der Waals surface area contributed by atoms with Crippen LogP contribution in [0, 0.1) is 18.3 Å². The average Bonchev–Trinajstić information content (AvgIpc) is 2.49. The van der Waals surface area contributed by atoms with Crippen LogP contribution in [0.25, 0.3) is 0 Å². The van der Waals surface area contributed by atoms with Gasteiger partial charge in [0.1, 0.15) is 6.61 Å². The normalized spacial score (nSPS) is 10.1. The summed E-state index contributed by atoms with van der Waals surface area (Å²) in [5.74, 6) is 0.343. The predicted octanol–water partition coefficient (Wildman–Crippen LogP) is 3.04. The lowest BCUT2D eigenvalue weighted by molar-refractivity contribution is 0.298. The monoisotopic (exact) mass is 282 g/mol. The topological polar surface area (TPSA) is 55.0 Å². The van der Waals surface area contributed by atoms with Gasteiger partial charge in [-0.3, -0.25) is 4.79 Å². The van der Waals surface area contributed by atoms with Gasteiger partial charge in [0.15, 0.2) is 5.75 Å². The van der Waals surface area contributed by atoms with E-state index in [1.165, 1.54) is 5.56 Å². The van der Waals surface area contributed by atoms with Crippen molar-refractivity contribution in [1.82, 2.24) is 4.57 Å². The van der Waals surface area contributed by atoms with Crippen LogP contribution in [0.2, 0.25) is 0 Å². The minimum atomic E-state index is -0.150. The number of aryl methyl sites for hydroxylation is 2. The highest BCUT2D eigenvalue weighted by molar-refractivity contribution is 5.22. The molecule has 1 aromatic carbocycles. The first kappa shape index (κ1) is 14.9. The fourth-order valence-corrected chi connectivity index (χ4v) is 1.97. The number of hydrogen-bond acceptors (Lipinski definition) is 3. The lowest BCUT2D eigenvalue weighted by Gasteiger charge is -2.09. The molecule has 108 valence electrons. The molecule has 0 saturated carbocycles. The van der Waals surface area contributed by atoms with Crippen LogP contribution in [-0.2, 0) is 13.2 Å². The van der Waals surface area contributed by atoms with Crippen LogP contribution < -0.4 is 10.3 Å². The first-order valence-corrected chi connectivity index (χ1v) is 6.95. The van der Waals surface area contributed by atoms with Crippen molar-refractivity contribution in [3.05, 3.63) is 64.1 Å². The molecular weight excluding hydrogens is 264 g/mol. The van der Waals surface area contributed by atoms with Crippen molar-refractivity contribution in [2.45, 2.75) is 32.9 Å². The lowest BCUT2D eigenvalue weighted by atomic mass is 10.2. The molecule has 0 aliphatic heterocycles. The first-order valence-electron chi connectivity index (χ1n) is 6.95. The highest BCUT2D eigenvalue weighted by Crippen LogP contribution is 2.09. The van der Waals surface area contributed by atoms with Gasteiger partial charge in [0.2, 0.25) is 0 Å². The molecule has 0 bridgehead atoms. The highest BCUT2D eigenvalue weighted by atomic mass is 16.5. The maximum Gasteiger partial charge on any atom is 0.292 e. The Bertz CT molecular complexity index is 681. The Hall–Kier alpha value is -2.54. The Kier molecular flexibility index (Phi) is 5.16. The van der Waals surface area contributed by atoms with E-state index in [0.717, 1.165) is 5.56 Å². The van der Waals surface area contributed by atoms with Crippen molar-refractivity contribution in [2.75, 3.05) is 0 Å². The Morgan fingerprint density at radius 2 is 2.00 bits per heavy atom. The van der Waals surface area contributed by atoms with Gasteiger partial charge in [0, 0.05) is 19.2 Å². The molecule has 4 heteroatoms. The molecule has 0 saturated heterocycles. The van der Waals surface area contributed by atoms with Crippen molar-refractivity contribution in [2.24, 2.45) is 0 Å². The Morgan fingerprint density at radius 1 is 1.24 bits per heavy atom. The number of benzene rings is 1. The van der Waals surface area contributed by atoms with E-state index >= 15 is 0 Å². The summed E-state index contributed by atoms with van der Waals surface area (Å²) in [4.78, 5) is 12.2. The van der Waals surface area contributed by atoms with E-state index < -0.39 is 0 Å². The molecule has 0 N–H and O–H groups in total. The van der Waals surface area contributed by atoms with Crippen molar-refractivity contribution < 1.29 is 4.74 Å². The number of hydrogen-bond donors (Lipinski definition) is 0. The zero-order valence-electron chi connectivity index (χ0n) is 12.1. The van der Waals surface area contributed by atoms with Crippen LogP contribution >= 0.6 is 0 Å². The van der Waals surface area contributed by atoms with Crippen LogP contribution in [0.5, 0.6) is 5.75 Å². The quantitative estimate of drug-likeness (QED) is 0.765. The minimum Gasteiger partial charge on any atom is -0.483 e. The summed E-state index contributed by atoms with van der Waals surface area (Å²) in [5, 5.41) is 8.54. The minimum absolute atomic E-state index is 0.150. The van der Waals surface area contributed by atoms with Crippen LogP contribution in [0.4, 0.5) is 0 Å². The van der Waals surface area contributed by atoms with Crippen LogP contribution in [0.15, 0.2) is 47.4 Å². The molecule has 1 heterocycles. The second-order valence-electron chi connectivity index (χ2n) is 4.91. The maximum atomic E-state index is 12.2. The molecule has 21 heavy (non-hydrogen) atoms. The molecule has 2 aromatic rings. The molecule has 2 rings (SSSR count). The van der Waals surface area contributed by atoms with Crippen LogP contribution in [-0.4, -0.2) is 4.57 Å². The molecule has 4 nitrogen and oxygen atoms in total. The third-order valence-corrected chi connectivity index (χ3v) is 3.19. The average molecular weight is 282 g/mol. The van der Waals surface area contributed by atoms with Crippen molar-refractivity contribution in [3.63, 3.8) is 0 Å². The van der Waals surface area contributed by atoms with Gasteiger partial charge in [-0.2, -0.15) is 5.26 Å². The number of pyridine rings is 1. The van der Waals surface area contributed by atoms with Crippen LogP contribution in [0.1, 0.15) is 24.0 Å². The number of rotatable bonds is 6. The number of unbranched alkanes of at least 4 members (excludes halogenated alkanes) is 1. The van der Waals surface area contributed by atoms with Crippen molar-refractivity contribution in [3.8, 4) is 11.8 Å². The summed E-state index contributed by atoms with van der Waals surface area (Å²) >= 11 is 0. The summed E-state index contributed by atoms with van der Waals surface area (Å²) in [6, 6.07) is 13.6. The third kappa shape index (κ3) is 4.22. The zero-order valence-corrected chi connectivity index (χ0v) is 12.1. The van der Waals surface area contributed by atoms with Crippen molar-refractivity contribution in [1.29, 1.82) is 5.26 Å². The third-order valence-electron chi connectivity index (χ3n) is 3.19. The smallest absolute Gasteiger partial charge is 0.292 e. The van der Waals surface area contributed by atoms with Gasteiger partial charge in [-0.25, -0.2) is 0 Å². The fraction of sp³-hybridized carbons (Fsp3) is 0.294. The molecule has 0 unspecified atom stereocenters. The number of ether oxygens (including phenoxy) is 1. The van der Waals surface area contributed by atoms with E-state index in [2.05, 4.69) is 6.07 Å². The molecule has 0 spiro atoms. The summed E-state index contributed by atoms with van der Waals surface area (Å²) in [6.07, 6.45) is 2.83. The summed E-state index contributed by atoms with van der Waals surface area (Å²) in [6.45, 7) is 2.94. The van der Waals surface area contributed by atoms with E-state index in [9.17, 15) is 4.79 Å². The number of nitriles is 1. The maximum absolute atomic E-state index is 12.2. The standard InChI is InChI=1S/C17H18N2O2/c1-14-6-8-15(9-7-14)13-21-16-5-4-12-19(17(16)20)11-3-2-10-18/h4-9,12H,2-3,11,13H2,1H3. The highest BCUT2D eigenvalue weighted by Gasteiger charge is 2.04. The van der Waals surface area contributed by atoms with Gasteiger partial charge in [-0.05, 0) is 31.0 Å². The van der Waals surface area contributed by atoms with Gasteiger partial charge in [0.25, 0.3) is 5.56 Å². The second-order valence-corrected chi connectivity index (χ2v) is 4.91. The molecule has 0 aliphatic carbocycles. The fourth-order valence-electron chi connectivity index (χ4n) is 1.97. The van der Waals surface area contributed by atoms with Gasteiger partial charge < -0.3 is 9.30 Å². The SMILES string of the molecule is Cc1ccc(COc2cccn(CCCC#N)c2=O)cc1. The van der Waals surface area contributed by atoms with Crippen LogP contribution in [0.3, 0.4) is 0 Å². The zero-order chi connectivity index (χ0) is 15.1. The molecule has 0 fully saturated rings. The van der Waals surface area contributed by atoms with Crippen molar-refractivity contribution >= 4 is 0 Å². The van der Waals surface area contributed by atoms with Gasteiger partial charge in [-0.1, -0.05) is 29.8 Å². The second kappa shape index (κ2) is 7.30. The molecule has 0 radical (unpaired) electrons. The van der Waals surface area contributed by atoms with E-state index in [4.69, 9.17) is 10.00 Å². The van der Waals surface area contributed by atoms with E-state index in [1.807, 2.05) is 31.2 Å². The van der Waals surface area contributed by atoms with E-state index in [-0.39, 0.29) is 5.56 Å². The van der Waals surface area contributed by atoms with Gasteiger partial charge >= 0.3 is 0 Å². The first-order chi connectivity index (χ1) is 10.2. The Balaban J connectivity index is 2.03. The summed E-state index contributed by atoms with van der Waals surface area (Å²) in [7, 11) is 0. The molecule has 0 amide bonds. The molecule has 0 atom stereocenters.